The molecule has 0 bridgehead atoms. The molecule has 0 spiro atoms. The minimum absolute atomic E-state index is 0.109. The summed E-state index contributed by atoms with van der Waals surface area (Å²) in [6, 6.07) is 6.44. The fraction of sp³-hybridized carbons (Fsp3) is 0.278. The first-order valence-electron chi connectivity index (χ1n) is 8.01. The number of carbonyl (C=O) groups is 3. The number of carbonyl (C=O) groups excluding carboxylic acids is 3. The molecule has 0 radical (unpaired) electrons. The fourth-order valence-corrected chi connectivity index (χ4v) is 3.32. The van der Waals surface area contributed by atoms with Crippen LogP contribution in [0.25, 0.3) is 0 Å². The average Bonchev–Trinajstić information content (AvgIpc) is 3.09. The van der Waals surface area contributed by atoms with Crippen LogP contribution in [0, 0.1) is 0 Å². The van der Waals surface area contributed by atoms with Crippen LogP contribution in [0.2, 0.25) is 0 Å². The van der Waals surface area contributed by atoms with Crippen LogP contribution >= 0.6 is 11.8 Å². The van der Waals surface area contributed by atoms with E-state index >= 15 is 0 Å². The van der Waals surface area contributed by atoms with Crippen molar-refractivity contribution in [1.82, 2.24) is 0 Å². The van der Waals surface area contributed by atoms with Crippen molar-refractivity contribution in [2.24, 2.45) is 0 Å². The van der Waals surface area contributed by atoms with E-state index in [4.69, 9.17) is 13.9 Å². The van der Waals surface area contributed by atoms with Crippen molar-refractivity contribution in [2.75, 3.05) is 11.9 Å². The standard InChI is InChI=1S/C18H17NO6S/c1-3-23-18(22)12-6-7-24-14(12)9-25-17(21)11-4-5-15-13(8-11)19-16(20)10(2)26-15/h4-8,10H,3,9H2,1-2H3,(H,19,20). The van der Waals surface area contributed by atoms with Gasteiger partial charge in [-0.1, -0.05) is 0 Å². The number of hydrogen-bond donors (Lipinski definition) is 1. The number of amides is 1. The minimum Gasteiger partial charge on any atom is -0.465 e. The summed E-state index contributed by atoms with van der Waals surface area (Å²) in [6.45, 7) is 3.55. The minimum atomic E-state index is -0.586. The van der Waals surface area contributed by atoms with Gasteiger partial charge in [0.15, 0.2) is 12.4 Å². The number of ether oxygens (including phenoxy) is 2. The lowest BCUT2D eigenvalue weighted by atomic mass is 10.2. The zero-order chi connectivity index (χ0) is 18.7. The zero-order valence-corrected chi connectivity index (χ0v) is 15.1. The van der Waals surface area contributed by atoms with Gasteiger partial charge in [-0.15, -0.1) is 11.8 Å². The summed E-state index contributed by atoms with van der Waals surface area (Å²) in [7, 11) is 0. The number of rotatable bonds is 5. The number of esters is 2. The van der Waals surface area contributed by atoms with Crippen LogP contribution in [0.15, 0.2) is 39.8 Å². The van der Waals surface area contributed by atoms with Gasteiger partial charge in [-0.2, -0.15) is 0 Å². The zero-order valence-electron chi connectivity index (χ0n) is 14.2. The molecule has 0 saturated carbocycles. The van der Waals surface area contributed by atoms with Crippen molar-refractivity contribution in [2.45, 2.75) is 30.6 Å². The maximum Gasteiger partial charge on any atom is 0.341 e. The third kappa shape index (κ3) is 3.75. The Bertz CT molecular complexity index is 859. The first-order chi connectivity index (χ1) is 12.5. The quantitative estimate of drug-likeness (QED) is 0.802. The Hall–Kier alpha value is -2.74. The highest BCUT2D eigenvalue weighted by Crippen LogP contribution is 2.36. The SMILES string of the molecule is CCOC(=O)c1ccoc1COC(=O)c1ccc2c(c1)NC(=O)C(C)S2. The largest absolute Gasteiger partial charge is 0.465 e. The molecule has 136 valence electrons. The summed E-state index contributed by atoms with van der Waals surface area (Å²) in [5, 5.41) is 2.59. The number of hydrogen-bond acceptors (Lipinski definition) is 7. The predicted molar refractivity (Wildman–Crippen MR) is 94.2 cm³/mol. The van der Waals surface area contributed by atoms with E-state index in [9.17, 15) is 14.4 Å². The highest BCUT2D eigenvalue weighted by molar-refractivity contribution is 8.00. The van der Waals surface area contributed by atoms with E-state index in [1.54, 1.807) is 25.1 Å². The molecule has 1 unspecified atom stereocenters. The Kier molecular flexibility index (Phi) is 5.32. The lowest BCUT2D eigenvalue weighted by molar-refractivity contribution is -0.115. The summed E-state index contributed by atoms with van der Waals surface area (Å²) in [5.74, 6) is -1.01. The lowest BCUT2D eigenvalue weighted by Gasteiger charge is -2.21. The van der Waals surface area contributed by atoms with E-state index in [0.29, 0.717) is 11.3 Å². The molecule has 1 amide bonds. The molecule has 1 aromatic heterocycles. The topological polar surface area (TPSA) is 94.8 Å². The van der Waals surface area contributed by atoms with Gasteiger partial charge in [0.2, 0.25) is 5.91 Å². The number of nitrogens with one attached hydrogen (secondary N) is 1. The molecule has 1 aliphatic rings. The van der Waals surface area contributed by atoms with E-state index in [2.05, 4.69) is 5.32 Å². The van der Waals surface area contributed by atoms with Crippen molar-refractivity contribution in [3.05, 3.63) is 47.4 Å². The predicted octanol–water partition coefficient (Wildman–Crippen LogP) is 3.25. The second-order valence-electron chi connectivity index (χ2n) is 5.51. The first kappa shape index (κ1) is 18.1. The molecule has 0 aliphatic carbocycles. The van der Waals surface area contributed by atoms with Gasteiger partial charge < -0.3 is 19.2 Å². The molecule has 1 N–H and O–H groups in total. The van der Waals surface area contributed by atoms with E-state index in [-0.39, 0.29) is 35.7 Å². The van der Waals surface area contributed by atoms with Crippen LogP contribution in [0.5, 0.6) is 0 Å². The molecular formula is C18H17NO6S. The number of thioether (sulfide) groups is 1. The molecule has 1 aromatic carbocycles. The molecule has 26 heavy (non-hydrogen) atoms. The van der Waals surface area contributed by atoms with E-state index in [1.165, 1.54) is 24.1 Å². The molecule has 2 aromatic rings. The Balaban J connectivity index is 1.68. The summed E-state index contributed by atoms with van der Waals surface area (Å²) in [4.78, 5) is 36.7. The molecular weight excluding hydrogens is 358 g/mol. The number of furan rings is 1. The molecule has 8 heteroatoms. The van der Waals surface area contributed by atoms with Crippen LogP contribution in [-0.2, 0) is 20.9 Å². The van der Waals surface area contributed by atoms with Gasteiger partial charge in [0, 0.05) is 4.90 Å². The molecule has 7 nitrogen and oxygen atoms in total. The van der Waals surface area contributed by atoms with Crippen LogP contribution in [0.4, 0.5) is 5.69 Å². The Labute approximate surface area is 154 Å². The van der Waals surface area contributed by atoms with Gasteiger partial charge in [0.1, 0.15) is 5.56 Å². The molecule has 3 rings (SSSR count). The first-order valence-corrected chi connectivity index (χ1v) is 8.89. The van der Waals surface area contributed by atoms with Crippen LogP contribution < -0.4 is 5.32 Å². The van der Waals surface area contributed by atoms with E-state index in [0.717, 1.165) is 4.90 Å². The van der Waals surface area contributed by atoms with Crippen molar-refractivity contribution >= 4 is 35.3 Å². The summed E-state index contributed by atoms with van der Waals surface area (Å²) >= 11 is 1.43. The highest BCUT2D eigenvalue weighted by Gasteiger charge is 2.24. The van der Waals surface area contributed by atoms with Gasteiger partial charge in [0.05, 0.1) is 29.4 Å². The normalized spacial score (nSPS) is 15.8. The third-order valence-electron chi connectivity index (χ3n) is 3.72. The van der Waals surface area contributed by atoms with Crippen molar-refractivity contribution < 1.29 is 28.3 Å². The number of fused-ring (bicyclic) bond motifs is 1. The third-order valence-corrected chi connectivity index (χ3v) is 4.90. The van der Waals surface area contributed by atoms with Gasteiger partial charge >= 0.3 is 11.9 Å². The maximum absolute atomic E-state index is 12.3. The Morgan fingerprint density at radius 3 is 2.81 bits per heavy atom. The molecule has 1 atom stereocenters. The van der Waals surface area contributed by atoms with Gasteiger partial charge in [-0.25, -0.2) is 9.59 Å². The smallest absolute Gasteiger partial charge is 0.341 e. The van der Waals surface area contributed by atoms with Gasteiger partial charge in [-0.3, -0.25) is 4.79 Å². The van der Waals surface area contributed by atoms with Crippen molar-refractivity contribution in [3.63, 3.8) is 0 Å². The van der Waals surface area contributed by atoms with Crippen molar-refractivity contribution in [1.29, 1.82) is 0 Å². The van der Waals surface area contributed by atoms with Crippen molar-refractivity contribution in [3.8, 4) is 0 Å². The second kappa shape index (κ2) is 7.65. The lowest BCUT2D eigenvalue weighted by Crippen LogP contribution is -2.26. The summed E-state index contributed by atoms with van der Waals surface area (Å²) < 4.78 is 15.3. The molecule has 2 heterocycles. The van der Waals surface area contributed by atoms with Crippen LogP contribution in [0.1, 0.15) is 40.3 Å². The Morgan fingerprint density at radius 2 is 2.04 bits per heavy atom. The van der Waals surface area contributed by atoms with Crippen LogP contribution in [-0.4, -0.2) is 29.7 Å². The second-order valence-corrected chi connectivity index (χ2v) is 6.90. The Morgan fingerprint density at radius 1 is 1.23 bits per heavy atom. The number of benzene rings is 1. The van der Waals surface area contributed by atoms with Crippen LogP contribution in [0.3, 0.4) is 0 Å². The van der Waals surface area contributed by atoms with E-state index < -0.39 is 11.9 Å². The summed E-state index contributed by atoms with van der Waals surface area (Å²) in [5.41, 5.74) is 1.10. The van der Waals surface area contributed by atoms with Gasteiger partial charge in [-0.05, 0) is 38.1 Å². The van der Waals surface area contributed by atoms with E-state index in [1.807, 2.05) is 6.92 Å². The monoisotopic (exact) mass is 375 g/mol. The highest BCUT2D eigenvalue weighted by atomic mass is 32.2. The summed E-state index contributed by atoms with van der Waals surface area (Å²) in [6.07, 6.45) is 1.34. The number of anilines is 1. The fourth-order valence-electron chi connectivity index (χ4n) is 2.39. The molecule has 1 aliphatic heterocycles. The average molecular weight is 375 g/mol. The maximum atomic E-state index is 12.3. The van der Waals surface area contributed by atoms with Gasteiger partial charge in [0.25, 0.3) is 0 Å². The molecule has 0 fully saturated rings. The molecule has 0 saturated heterocycles.